The Morgan fingerprint density at radius 2 is 1.08 bits per heavy atom. The lowest BCUT2D eigenvalue weighted by Crippen LogP contribution is -1.93. The molecule has 0 atom stereocenters. The van der Waals surface area contributed by atoms with Crippen molar-refractivity contribution in [3.05, 3.63) is 133 Å². The van der Waals surface area contributed by atoms with E-state index in [1.807, 2.05) is 0 Å². The molecule has 0 spiro atoms. The average Bonchev–Trinajstić information content (AvgIpc) is 3.64. The second-order valence-corrected chi connectivity index (χ2v) is 10.2. The molecular weight excluding hydrogens is 476 g/mol. The molecule has 0 radical (unpaired) electrons. The Bertz CT molecular complexity index is 2390. The molecule has 3 aromatic heterocycles. The van der Waals surface area contributed by atoms with Crippen LogP contribution in [0.1, 0.15) is 0 Å². The van der Waals surface area contributed by atoms with Crippen molar-refractivity contribution < 1.29 is 4.42 Å². The summed E-state index contributed by atoms with van der Waals surface area (Å²) >= 11 is 0. The normalized spacial score (nSPS) is 12.1. The highest BCUT2D eigenvalue weighted by Gasteiger charge is 2.23. The maximum absolute atomic E-state index is 6.91. The molecule has 9 rings (SSSR count). The fourth-order valence-corrected chi connectivity index (χ4v) is 6.43. The summed E-state index contributed by atoms with van der Waals surface area (Å²) in [4.78, 5) is 0. The van der Waals surface area contributed by atoms with Crippen molar-refractivity contribution in [1.29, 1.82) is 0 Å². The highest BCUT2D eigenvalue weighted by atomic mass is 16.3. The largest absolute Gasteiger partial charge is 0.438 e. The van der Waals surface area contributed by atoms with E-state index in [0.717, 1.165) is 49.9 Å². The zero-order chi connectivity index (χ0) is 25.5. The number of benzene rings is 6. The SMILES string of the molecule is c1ccc(-n2c3ccccc3c3c4ccc5c(c6ccccc6n5-c5ccc6ccccc6c5)c4oc32)cc1. The third-order valence-corrected chi connectivity index (χ3v) is 8.10. The molecule has 0 N–H and O–H groups in total. The van der Waals surface area contributed by atoms with Gasteiger partial charge in [0, 0.05) is 27.5 Å². The van der Waals surface area contributed by atoms with Crippen LogP contribution in [0, 0.1) is 0 Å². The molecule has 0 saturated heterocycles. The number of nitrogens with zero attached hydrogens (tertiary/aromatic N) is 2. The molecule has 3 heteroatoms. The van der Waals surface area contributed by atoms with Crippen LogP contribution in [0.4, 0.5) is 0 Å². The van der Waals surface area contributed by atoms with E-state index in [0.29, 0.717) is 0 Å². The van der Waals surface area contributed by atoms with Gasteiger partial charge in [-0.25, -0.2) is 0 Å². The van der Waals surface area contributed by atoms with Gasteiger partial charge >= 0.3 is 0 Å². The first-order chi connectivity index (χ1) is 19.4. The van der Waals surface area contributed by atoms with Crippen LogP contribution >= 0.6 is 0 Å². The van der Waals surface area contributed by atoms with Crippen molar-refractivity contribution in [2.24, 2.45) is 0 Å². The highest BCUT2D eigenvalue weighted by molar-refractivity contribution is 6.28. The van der Waals surface area contributed by atoms with Crippen molar-refractivity contribution in [3.63, 3.8) is 0 Å². The molecule has 0 bridgehead atoms. The number of aromatic nitrogens is 2. The van der Waals surface area contributed by atoms with Gasteiger partial charge in [0.1, 0.15) is 5.58 Å². The minimum atomic E-state index is 0.882. The number of furan rings is 1. The molecule has 0 fully saturated rings. The summed E-state index contributed by atoms with van der Waals surface area (Å²) in [5.41, 5.74) is 7.53. The zero-order valence-electron chi connectivity index (χ0n) is 21.0. The first kappa shape index (κ1) is 20.7. The summed E-state index contributed by atoms with van der Waals surface area (Å²) in [5, 5.41) is 8.32. The van der Waals surface area contributed by atoms with E-state index in [4.69, 9.17) is 4.42 Å². The highest BCUT2D eigenvalue weighted by Crippen LogP contribution is 2.44. The van der Waals surface area contributed by atoms with Crippen LogP contribution in [-0.4, -0.2) is 9.13 Å². The monoisotopic (exact) mass is 498 g/mol. The number of hydrogen-bond acceptors (Lipinski definition) is 1. The van der Waals surface area contributed by atoms with Crippen molar-refractivity contribution >= 4 is 65.6 Å². The van der Waals surface area contributed by atoms with Crippen LogP contribution in [0.3, 0.4) is 0 Å². The Morgan fingerprint density at radius 3 is 1.90 bits per heavy atom. The van der Waals surface area contributed by atoms with E-state index in [1.165, 1.54) is 27.1 Å². The smallest absolute Gasteiger partial charge is 0.213 e. The van der Waals surface area contributed by atoms with Gasteiger partial charge in [0.05, 0.1) is 27.3 Å². The fourth-order valence-electron chi connectivity index (χ4n) is 6.43. The van der Waals surface area contributed by atoms with Crippen LogP contribution in [-0.2, 0) is 0 Å². The molecule has 9 aromatic rings. The third-order valence-electron chi connectivity index (χ3n) is 8.10. The lowest BCUT2D eigenvalue weighted by molar-refractivity contribution is 0.649. The van der Waals surface area contributed by atoms with Crippen LogP contribution in [0.5, 0.6) is 0 Å². The molecule has 0 amide bonds. The van der Waals surface area contributed by atoms with Crippen molar-refractivity contribution in [2.75, 3.05) is 0 Å². The summed E-state index contributed by atoms with van der Waals surface area (Å²) in [6.45, 7) is 0. The van der Waals surface area contributed by atoms with E-state index >= 15 is 0 Å². The predicted octanol–water partition coefficient (Wildman–Crippen LogP) is 9.78. The summed E-state index contributed by atoms with van der Waals surface area (Å²) in [5.74, 6) is 0. The molecule has 39 heavy (non-hydrogen) atoms. The van der Waals surface area contributed by atoms with Gasteiger partial charge < -0.3 is 8.98 Å². The second kappa shape index (κ2) is 7.62. The molecule has 0 unspecified atom stereocenters. The number of fused-ring (bicyclic) bond motifs is 10. The van der Waals surface area contributed by atoms with E-state index < -0.39 is 0 Å². The topological polar surface area (TPSA) is 23.0 Å². The van der Waals surface area contributed by atoms with Gasteiger partial charge in [-0.1, -0.05) is 84.9 Å². The minimum Gasteiger partial charge on any atom is -0.438 e. The van der Waals surface area contributed by atoms with E-state index in [1.54, 1.807) is 0 Å². The van der Waals surface area contributed by atoms with Gasteiger partial charge in [0.2, 0.25) is 5.71 Å². The fraction of sp³-hybridized carbons (Fsp3) is 0. The molecule has 3 nitrogen and oxygen atoms in total. The van der Waals surface area contributed by atoms with Crippen molar-refractivity contribution in [2.45, 2.75) is 0 Å². The average molecular weight is 499 g/mol. The Morgan fingerprint density at radius 1 is 0.410 bits per heavy atom. The summed E-state index contributed by atoms with van der Waals surface area (Å²) in [6.07, 6.45) is 0. The molecule has 0 aliphatic rings. The summed E-state index contributed by atoms with van der Waals surface area (Å²) in [6, 6.07) is 47.5. The third kappa shape index (κ3) is 2.76. The molecule has 3 heterocycles. The Labute approximate surface area is 223 Å². The molecule has 6 aromatic carbocycles. The minimum absolute atomic E-state index is 0.882. The standard InChI is InChI=1S/C36H22N2O/c1-2-12-25(13-3-1)38-31-17-9-6-14-27(31)33-29-20-21-32-34(35(29)39-36(33)38)28-15-7-8-16-30(28)37(32)26-19-18-23-10-4-5-11-24(23)22-26/h1-22H. The number of para-hydroxylation sites is 3. The maximum atomic E-state index is 6.91. The summed E-state index contributed by atoms with van der Waals surface area (Å²) < 4.78 is 11.5. The first-order valence-corrected chi connectivity index (χ1v) is 13.3. The van der Waals surface area contributed by atoms with Crippen LogP contribution < -0.4 is 0 Å². The lowest BCUT2D eigenvalue weighted by Gasteiger charge is -2.09. The van der Waals surface area contributed by atoms with Gasteiger partial charge in [0.25, 0.3) is 0 Å². The summed E-state index contributed by atoms with van der Waals surface area (Å²) in [7, 11) is 0. The molecule has 0 aliphatic carbocycles. The second-order valence-electron chi connectivity index (χ2n) is 10.2. The molecular formula is C36H22N2O. The predicted molar refractivity (Wildman–Crippen MR) is 162 cm³/mol. The first-order valence-electron chi connectivity index (χ1n) is 13.3. The van der Waals surface area contributed by atoms with Crippen molar-refractivity contribution in [1.82, 2.24) is 9.13 Å². The van der Waals surface area contributed by atoms with Crippen LogP contribution in [0.15, 0.2) is 138 Å². The van der Waals surface area contributed by atoms with E-state index in [9.17, 15) is 0 Å². The van der Waals surface area contributed by atoms with Gasteiger partial charge in [0.15, 0.2) is 0 Å². The zero-order valence-corrected chi connectivity index (χ0v) is 21.0. The Kier molecular flexibility index (Phi) is 4.05. The quantitative estimate of drug-likeness (QED) is 0.233. The van der Waals surface area contributed by atoms with Gasteiger partial charge in [-0.3, -0.25) is 4.57 Å². The van der Waals surface area contributed by atoms with Crippen LogP contribution in [0.2, 0.25) is 0 Å². The van der Waals surface area contributed by atoms with Gasteiger partial charge in [-0.2, -0.15) is 0 Å². The number of hydrogen-bond donors (Lipinski definition) is 0. The molecule has 0 aliphatic heterocycles. The van der Waals surface area contributed by atoms with E-state index in [2.05, 4.69) is 143 Å². The van der Waals surface area contributed by atoms with Gasteiger partial charge in [-0.05, 0) is 59.3 Å². The molecule has 182 valence electrons. The lowest BCUT2D eigenvalue weighted by atomic mass is 10.1. The number of rotatable bonds is 2. The van der Waals surface area contributed by atoms with E-state index in [-0.39, 0.29) is 0 Å². The van der Waals surface area contributed by atoms with Crippen molar-refractivity contribution in [3.8, 4) is 11.4 Å². The van der Waals surface area contributed by atoms with Crippen LogP contribution in [0.25, 0.3) is 76.9 Å². The Hall–Kier alpha value is -5.28. The Balaban J connectivity index is 1.44. The molecule has 0 saturated carbocycles. The maximum Gasteiger partial charge on any atom is 0.213 e. The van der Waals surface area contributed by atoms with Gasteiger partial charge in [-0.15, -0.1) is 0 Å².